The Labute approximate surface area is 203 Å². The first kappa shape index (κ1) is 23.0. The molecule has 0 spiro atoms. The second-order valence-corrected chi connectivity index (χ2v) is 10.0. The van der Waals surface area contributed by atoms with Crippen LogP contribution in [0.5, 0.6) is 0 Å². The zero-order valence-electron chi connectivity index (χ0n) is 19.7. The molecule has 3 heterocycles. The van der Waals surface area contributed by atoms with E-state index in [4.69, 9.17) is 9.72 Å². The van der Waals surface area contributed by atoms with Crippen LogP contribution in [-0.2, 0) is 23.1 Å². The standard InChI is InChI=1S/C25H31N5O3S/c1-28-23-20(25(32)30-9-7-29(8-10-30)14-17-6-11-34-16-17)12-19(26-22(31)15-33-2)13-21(23)27-24(28)18-4-3-5-18/h6,11-13,16,18H,3-5,7-10,14-15H2,1-2H3,(H,26,31). The van der Waals surface area contributed by atoms with Crippen LogP contribution in [0.25, 0.3) is 11.0 Å². The summed E-state index contributed by atoms with van der Waals surface area (Å²) in [7, 11) is 3.49. The maximum absolute atomic E-state index is 13.7. The number of amides is 2. The van der Waals surface area contributed by atoms with Crippen molar-refractivity contribution in [3.8, 4) is 0 Å². The van der Waals surface area contributed by atoms with E-state index in [0.29, 0.717) is 30.3 Å². The van der Waals surface area contributed by atoms with Crippen LogP contribution >= 0.6 is 11.3 Å². The smallest absolute Gasteiger partial charge is 0.256 e. The van der Waals surface area contributed by atoms with Gasteiger partial charge in [0.1, 0.15) is 12.4 Å². The molecule has 1 saturated carbocycles. The summed E-state index contributed by atoms with van der Waals surface area (Å²) >= 11 is 1.71. The number of nitrogens with one attached hydrogen (secondary N) is 1. The summed E-state index contributed by atoms with van der Waals surface area (Å²) in [6.45, 7) is 3.92. The summed E-state index contributed by atoms with van der Waals surface area (Å²) in [5.74, 6) is 1.20. The lowest BCUT2D eigenvalue weighted by Crippen LogP contribution is -2.48. The summed E-state index contributed by atoms with van der Waals surface area (Å²) in [4.78, 5) is 35.1. The highest BCUT2D eigenvalue weighted by atomic mass is 32.1. The largest absolute Gasteiger partial charge is 0.375 e. The quantitative estimate of drug-likeness (QED) is 0.559. The summed E-state index contributed by atoms with van der Waals surface area (Å²) in [6.07, 6.45) is 3.47. The number of carbonyl (C=O) groups excluding carboxylic acids is 2. The molecule has 2 amide bonds. The van der Waals surface area contributed by atoms with Crippen molar-refractivity contribution < 1.29 is 14.3 Å². The number of benzene rings is 1. The lowest BCUT2D eigenvalue weighted by molar-refractivity contribution is -0.119. The van der Waals surface area contributed by atoms with E-state index >= 15 is 0 Å². The number of rotatable bonds is 7. The van der Waals surface area contributed by atoms with Crippen molar-refractivity contribution in [3.63, 3.8) is 0 Å². The molecule has 0 bridgehead atoms. The second-order valence-electron chi connectivity index (χ2n) is 9.23. The number of nitrogens with zero attached hydrogens (tertiary/aromatic N) is 4. The molecule has 5 rings (SSSR count). The van der Waals surface area contributed by atoms with E-state index in [1.54, 1.807) is 17.4 Å². The summed E-state index contributed by atoms with van der Waals surface area (Å²) in [6, 6.07) is 5.81. The number of piperazine rings is 1. The van der Waals surface area contributed by atoms with Gasteiger partial charge in [-0.3, -0.25) is 14.5 Å². The van der Waals surface area contributed by atoms with E-state index in [0.717, 1.165) is 49.3 Å². The van der Waals surface area contributed by atoms with Crippen LogP contribution in [-0.4, -0.2) is 71.1 Å². The minimum atomic E-state index is -0.252. The number of thiophene rings is 1. The SMILES string of the molecule is COCC(=O)Nc1cc(C(=O)N2CCN(Cc3ccsc3)CC2)c2c(c1)nc(C1CCC1)n2C. The van der Waals surface area contributed by atoms with E-state index in [1.807, 2.05) is 18.0 Å². The Kier molecular flexibility index (Phi) is 6.67. The molecule has 0 radical (unpaired) electrons. The van der Waals surface area contributed by atoms with E-state index in [2.05, 4.69) is 31.6 Å². The maximum atomic E-state index is 13.7. The average Bonchev–Trinajstić information content (AvgIpc) is 3.40. The van der Waals surface area contributed by atoms with Crippen LogP contribution in [0.1, 0.15) is 46.9 Å². The van der Waals surface area contributed by atoms with Gasteiger partial charge in [-0.1, -0.05) is 6.42 Å². The third kappa shape index (κ3) is 4.60. The zero-order chi connectivity index (χ0) is 23.7. The number of aryl methyl sites for hydroxylation is 1. The van der Waals surface area contributed by atoms with Crippen molar-refractivity contribution in [3.05, 3.63) is 45.9 Å². The predicted octanol–water partition coefficient (Wildman–Crippen LogP) is 3.45. The van der Waals surface area contributed by atoms with Crippen LogP contribution in [0.2, 0.25) is 0 Å². The first-order chi connectivity index (χ1) is 16.5. The zero-order valence-corrected chi connectivity index (χ0v) is 20.6. The van der Waals surface area contributed by atoms with E-state index in [9.17, 15) is 9.59 Å². The number of aromatic nitrogens is 2. The van der Waals surface area contributed by atoms with Crippen LogP contribution in [0, 0.1) is 0 Å². The van der Waals surface area contributed by atoms with Crippen LogP contribution in [0.15, 0.2) is 29.0 Å². The van der Waals surface area contributed by atoms with Gasteiger partial charge < -0.3 is 19.5 Å². The van der Waals surface area contributed by atoms with E-state index < -0.39 is 0 Å². The summed E-state index contributed by atoms with van der Waals surface area (Å²) < 4.78 is 7.03. The first-order valence-electron chi connectivity index (χ1n) is 11.9. The molecule has 2 fully saturated rings. The number of carbonyl (C=O) groups is 2. The summed E-state index contributed by atoms with van der Waals surface area (Å²) in [5.41, 5.74) is 4.09. The molecule has 34 heavy (non-hydrogen) atoms. The van der Waals surface area contributed by atoms with Gasteiger partial charge in [-0.15, -0.1) is 0 Å². The Balaban J connectivity index is 1.41. The van der Waals surface area contributed by atoms with Gasteiger partial charge in [0, 0.05) is 58.5 Å². The fourth-order valence-electron chi connectivity index (χ4n) is 4.89. The third-order valence-electron chi connectivity index (χ3n) is 6.91. The third-order valence-corrected chi connectivity index (χ3v) is 7.64. The fourth-order valence-corrected chi connectivity index (χ4v) is 5.54. The normalized spacial score (nSPS) is 17.2. The Morgan fingerprint density at radius 2 is 2.00 bits per heavy atom. The molecule has 1 saturated heterocycles. The van der Waals surface area contributed by atoms with Crippen molar-refractivity contribution in [1.82, 2.24) is 19.4 Å². The van der Waals surface area contributed by atoms with Crippen LogP contribution in [0.4, 0.5) is 5.69 Å². The highest BCUT2D eigenvalue weighted by Crippen LogP contribution is 2.38. The monoisotopic (exact) mass is 481 g/mol. The molecule has 9 heteroatoms. The molecule has 2 aromatic heterocycles. The number of hydrogen-bond donors (Lipinski definition) is 1. The summed E-state index contributed by atoms with van der Waals surface area (Å²) in [5, 5.41) is 7.14. The Hall–Kier alpha value is -2.75. The Morgan fingerprint density at radius 3 is 2.65 bits per heavy atom. The molecule has 180 valence electrons. The van der Waals surface area contributed by atoms with E-state index in [1.165, 1.54) is 19.1 Å². The lowest BCUT2D eigenvalue weighted by Gasteiger charge is -2.34. The van der Waals surface area contributed by atoms with Gasteiger partial charge in [0.05, 0.1) is 16.6 Å². The second kappa shape index (κ2) is 9.85. The average molecular weight is 482 g/mol. The number of anilines is 1. The maximum Gasteiger partial charge on any atom is 0.256 e. The lowest BCUT2D eigenvalue weighted by atomic mass is 9.85. The van der Waals surface area contributed by atoms with Crippen LogP contribution in [0.3, 0.4) is 0 Å². The molecular formula is C25H31N5O3S. The molecule has 0 unspecified atom stereocenters. The minimum absolute atomic E-state index is 0.00816. The van der Waals surface area contributed by atoms with Crippen molar-refractivity contribution in [1.29, 1.82) is 0 Å². The fraction of sp³-hybridized carbons (Fsp3) is 0.480. The van der Waals surface area contributed by atoms with E-state index in [-0.39, 0.29) is 18.4 Å². The number of imidazole rings is 1. The molecule has 8 nitrogen and oxygen atoms in total. The number of ether oxygens (including phenoxy) is 1. The molecule has 1 aromatic carbocycles. The first-order valence-corrected chi connectivity index (χ1v) is 12.8. The van der Waals surface area contributed by atoms with Crippen molar-refractivity contribution in [2.75, 3.05) is 45.2 Å². The minimum Gasteiger partial charge on any atom is -0.375 e. The Bertz CT molecular complexity index is 1180. The molecule has 1 aliphatic heterocycles. The van der Waals surface area contributed by atoms with Gasteiger partial charge in [-0.2, -0.15) is 11.3 Å². The topological polar surface area (TPSA) is 79.7 Å². The van der Waals surface area contributed by atoms with Gasteiger partial charge in [0.25, 0.3) is 5.91 Å². The molecular weight excluding hydrogens is 450 g/mol. The Morgan fingerprint density at radius 1 is 1.21 bits per heavy atom. The van der Waals surface area contributed by atoms with Crippen molar-refractivity contribution in [2.24, 2.45) is 7.05 Å². The molecule has 0 atom stereocenters. The van der Waals surface area contributed by atoms with Gasteiger partial charge >= 0.3 is 0 Å². The molecule has 3 aromatic rings. The number of hydrogen-bond acceptors (Lipinski definition) is 6. The highest BCUT2D eigenvalue weighted by molar-refractivity contribution is 7.07. The molecule has 2 aliphatic rings. The highest BCUT2D eigenvalue weighted by Gasteiger charge is 2.29. The number of methoxy groups -OCH3 is 1. The van der Waals surface area contributed by atoms with Crippen molar-refractivity contribution in [2.45, 2.75) is 31.7 Å². The number of fused-ring (bicyclic) bond motifs is 1. The predicted molar refractivity (Wildman–Crippen MR) is 133 cm³/mol. The molecule has 1 N–H and O–H groups in total. The molecule has 1 aliphatic carbocycles. The van der Waals surface area contributed by atoms with Crippen molar-refractivity contribution >= 4 is 39.9 Å². The van der Waals surface area contributed by atoms with Gasteiger partial charge in [0.15, 0.2) is 0 Å². The van der Waals surface area contributed by atoms with Gasteiger partial charge in [-0.25, -0.2) is 4.98 Å². The van der Waals surface area contributed by atoms with Gasteiger partial charge in [0.2, 0.25) is 5.91 Å². The van der Waals surface area contributed by atoms with Gasteiger partial charge in [-0.05, 0) is 47.4 Å². The van der Waals surface area contributed by atoms with Crippen LogP contribution < -0.4 is 5.32 Å².